The minimum Gasteiger partial charge on any atom is -0.390 e. The highest BCUT2D eigenvalue weighted by atomic mass is 32.2. The molecule has 2 aromatic rings. The van der Waals surface area contributed by atoms with Gasteiger partial charge in [0.1, 0.15) is 6.33 Å². The molecule has 1 N–H and O–H groups in total. The van der Waals surface area contributed by atoms with E-state index < -0.39 is 6.10 Å². The van der Waals surface area contributed by atoms with E-state index in [4.69, 9.17) is 4.74 Å². The standard InChI is InChI=1S/C13H19N3O2S2/c1-10(2)16-9-14-15-13(16)20-8-11(17)6-18-7-12-4-3-5-19-12/h3-5,9-11,17H,6-8H2,1-2H3. The fraction of sp³-hybridized carbons (Fsp3) is 0.538. The quantitative estimate of drug-likeness (QED) is 0.759. The Balaban J connectivity index is 1.69. The van der Waals surface area contributed by atoms with Crippen molar-refractivity contribution in [3.63, 3.8) is 0 Å². The van der Waals surface area contributed by atoms with E-state index in [2.05, 4.69) is 24.0 Å². The lowest BCUT2D eigenvalue weighted by Crippen LogP contribution is -2.18. The van der Waals surface area contributed by atoms with E-state index in [1.165, 1.54) is 16.6 Å². The predicted molar refractivity (Wildman–Crippen MR) is 81.1 cm³/mol. The largest absolute Gasteiger partial charge is 0.390 e. The summed E-state index contributed by atoms with van der Waals surface area (Å²) >= 11 is 3.16. The Morgan fingerprint density at radius 1 is 1.50 bits per heavy atom. The third kappa shape index (κ3) is 4.59. The Labute approximate surface area is 127 Å². The second kappa shape index (κ2) is 7.78. The van der Waals surface area contributed by atoms with Crippen LogP contribution in [0, 0.1) is 0 Å². The van der Waals surface area contributed by atoms with Gasteiger partial charge in [0.2, 0.25) is 0 Å². The summed E-state index contributed by atoms with van der Waals surface area (Å²) in [6.45, 7) is 5.05. The topological polar surface area (TPSA) is 60.2 Å². The van der Waals surface area contributed by atoms with Crippen LogP contribution in [0.25, 0.3) is 0 Å². The molecule has 20 heavy (non-hydrogen) atoms. The Kier molecular flexibility index (Phi) is 6.03. The van der Waals surface area contributed by atoms with Gasteiger partial charge in [-0.25, -0.2) is 0 Å². The van der Waals surface area contributed by atoms with Gasteiger partial charge >= 0.3 is 0 Å². The zero-order chi connectivity index (χ0) is 14.4. The summed E-state index contributed by atoms with van der Waals surface area (Å²) in [4.78, 5) is 1.17. The number of thiophene rings is 1. The lowest BCUT2D eigenvalue weighted by molar-refractivity contribution is 0.0408. The lowest BCUT2D eigenvalue weighted by Gasteiger charge is -2.12. The maximum atomic E-state index is 9.91. The molecule has 0 bridgehead atoms. The molecule has 0 aliphatic rings. The van der Waals surface area contributed by atoms with E-state index in [-0.39, 0.29) is 0 Å². The van der Waals surface area contributed by atoms with Crippen LogP contribution in [0.2, 0.25) is 0 Å². The number of hydrogen-bond donors (Lipinski definition) is 1. The smallest absolute Gasteiger partial charge is 0.191 e. The van der Waals surface area contributed by atoms with E-state index in [1.807, 2.05) is 22.1 Å². The molecule has 0 saturated heterocycles. The first kappa shape index (κ1) is 15.5. The molecule has 1 atom stereocenters. The van der Waals surface area contributed by atoms with E-state index in [0.29, 0.717) is 25.0 Å². The summed E-state index contributed by atoms with van der Waals surface area (Å²) in [6.07, 6.45) is 1.21. The molecule has 2 heterocycles. The molecule has 0 fully saturated rings. The average molecular weight is 313 g/mol. The average Bonchev–Trinajstić information content (AvgIpc) is 3.07. The molecule has 0 saturated carbocycles. The van der Waals surface area contributed by atoms with Crippen molar-refractivity contribution >= 4 is 23.1 Å². The van der Waals surface area contributed by atoms with Crippen molar-refractivity contribution in [2.24, 2.45) is 0 Å². The SMILES string of the molecule is CC(C)n1cnnc1SCC(O)COCc1cccs1. The summed E-state index contributed by atoms with van der Waals surface area (Å²) in [7, 11) is 0. The third-order valence-corrected chi connectivity index (χ3v) is 4.59. The minimum absolute atomic E-state index is 0.319. The molecule has 0 radical (unpaired) electrons. The Bertz CT molecular complexity index is 499. The van der Waals surface area contributed by atoms with E-state index in [1.54, 1.807) is 17.7 Å². The molecule has 7 heteroatoms. The number of ether oxygens (including phenoxy) is 1. The maximum absolute atomic E-state index is 9.91. The highest BCUT2D eigenvalue weighted by Crippen LogP contribution is 2.19. The zero-order valence-corrected chi connectivity index (χ0v) is 13.2. The van der Waals surface area contributed by atoms with E-state index >= 15 is 0 Å². The van der Waals surface area contributed by atoms with Crippen molar-refractivity contribution in [2.45, 2.75) is 37.8 Å². The number of hydrogen-bond acceptors (Lipinski definition) is 6. The zero-order valence-electron chi connectivity index (χ0n) is 11.6. The number of nitrogens with zero attached hydrogens (tertiary/aromatic N) is 3. The Morgan fingerprint density at radius 3 is 3.05 bits per heavy atom. The monoisotopic (exact) mass is 313 g/mol. The molecule has 2 rings (SSSR count). The summed E-state index contributed by atoms with van der Waals surface area (Å²) in [5, 5.41) is 20.7. The molecule has 0 aliphatic carbocycles. The van der Waals surface area contributed by atoms with Gasteiger partial charge in [-0.3, -0.25) is 0 Å². The number of rotatable bonds is 8. The molecule has 0 aliphatic heterocycles. The highest BCUT2D eigenvalue weighted by Gasteiger charge is 2.11. The van der Waals surface area contributed by atoms with Gasteiger partial charge in [-0.2, -0.15) is 0 Å². The van der Waals surface area contributed by atoms with Crippen LogP contribution in [0.15, 0.2) is 29.0 Å². The molecule has 0 spiro atoms. The Hall–Kier alpha value is -0.890. The van der Waals surface area contributed by atoms with Gasteiger partial charge in [-0.05, 0) is 25.3 Å². The van der Waals surface area contributed by atoms with Gasteiger partial charge in [-0.15, -0.1) is 21.5 Å². The molecular formula is C13H19N3O2S2. The molecule has 2 aromatic heterocycles. The molecule has 0 amide bonds. The van der Waals surface area contributed by atoms with Crippen molar-refractivity contribution in [1.29, 1.82) is 0 Å². The number of aliphatic hydroxyl groups excluding tert-OH is 1. The normalized spacial score (nSPS) is 13.0. The van der Waals surface area contributed by atoms with Crippen molar-refractivity contribution < 1.29 is 9.84 Å². The Morgan fingerprint density at radius 2 is 2.35 bits per heavy atom. The molecule has 110 valence electrons. The van der Waals surface area contributed by atoms with Gasteiger partial charge in [0.15, 0.2) is 5.16 Å². The van der Waals surface area contributed by atoms with Crippen LogP contribution in [0.4, 0.5) is 0 Å². The van der Waals surface area contributed by atoms with Gasteiger partial charge in [0.05, 0.1) is 19.3 Å². The first-order chi connectivity index (χ1) is 9.66. The second-order valence-corrected chi connectivity index (χ2v) is 6.69. The number of aliphatic hydroxyl groups is 1. The molecule has 5 nitrogen and oxygen atoms in total. The van der Waals surface area contributed by atoms with Crippen LogP contribution < -0.4 is 0 Å². The summed E-state index contributed by atoms with van der Waals surface area (Å²) in [6, 6.07) is 4.34. The molecule has 1 unspecified atom stereocenters. The van der Waals surface area contributed by atoms with Crippen LogP contribution in [-0.2, 0) is 11.3 Å². The van der Waals surface area contributed by atoms with Gasteiger partial charge in [0.25, 0.3) is 0 Å². The van der Waals surface area contributed by atoms with Gasteiger partial charge < -0.3 is 14.4 Å². The van der Waals surface area contributed by atoms with Crippen molar-refractivity contribution in [3.05, 3.63) is 28.7 Å². The second-order valence-electron chi connectivity index (χ2n) is 4.67. The van der Waals surface area contributed by atoms with Crippen molar-refractivity contribution in [3.8, 4) is 0 Å². The third-order valence-electron chi connectivity index (χ3n) is 2.64. The number of thioether (sulfide) groups is 1. The van der Waals surface area contributed by atoms with Gasteiger partial charge in [-0.1, -0.05) is 17.8 Å². The summed E-state index contributed by atoms with van der Waals surface area (Å²) < 4.78 is 7.48. The van der Waals surface area contributed by atoms with Crippen LogP contribution in [0.3, 0.4) is 0 Å². The first-order valence-corrected chi connectivity index (χ1v) is 8.34. The predicted octanol–water partition coefficient (Wildman–Crippen LogP) is 2.59. The first-order valence-electron chi connectivity index (χ1n) is 6.47. The minimum atomic E-state index is -0.503. The lowest BCUT2D eigenvalue weighted by atomic mass is 10.4. The van der Waals surface area contributed by atoms with Crippen LogP contribution in [0.1, 0.15) is 24.8 Å². The number of aromatic nitrogens is 3. The molecular weight excluding hydrogens is 294 g/mol. The maximum Gasteiger partial charge on any atom is 0.191 e. The van der Waals surface area contributed by atoms with E-state index in [0.717, 1.165) is 5.16 Å². The van der Waals surface area contributed by atoms with Crippen LogP contribution >= 0.6 is 23.1 Å². The van der Waals surface area contributed by atoms with Crippen LogP contribution in [-0.4, -0.2) is 38.3 Å². The van der Waals surface area contributed by atoms with Crippen molar-refractivity contribution in [2.75, 3.05) is 12.4 Å². The van der Waals surface area contributed by atoms with Gasteiger partial charge in [0, 0.05) is 16.7 Å². The summed E-state index contributed by atoms with van der Waals surface area (Å²) in [5.74, 6) is 0.551. The van der Waals surface area contributed by atoms with Crippen molar-refractivity contribution in [1.82, 2.24) is 14.8 Å². The van der Waals surface area contributed by atoms with Crippen LogP contribution in [0.5, 0.6) is 0 Å². The van der Waals surface area contributed by atoms with E-state index in [9.17, 15) is 5.11 Å². The fourth-order valence-corrected chi connectivity index (χ4v) is 3.19. The molecule has 0 aromatic carbocycles. The fourth-order valence-electron chi connectivity index (χ4n) is 1.60. The summed E-state index contributed by atoms with van der Waals surface area (Å²) in [5.41, 5.74) is 0. The highest BCUT2D eigenvalue weighted by molar-refractivity contribution is 7.99.